The first-order valence-corrected chi connectivity index (χ1v) is 6.47. The van der Waals surface area contributed by atoms with Gasteiger partial charge >= 0.3 is 5.97 Å². The molecule has 98 valence electrons. The van der Waals surface area contributed by atoms with Crippen molar-refractivity contribution in [2.75, 3.05) is 20.2 Å². The Bertz CT molecular complexity index is 400. The van der Waals surface area contributed by atoms with E-state index in [1.54, 1.807) is 12.3 Å². The highest BCUT2D eigenvalue weighted by Gasteiger charge is 2.25. The molecule has 0 aliphatic carbocycles. The number of ether oxygens (including phenoxy) is 1. The normalized spacial score (nSPS) is 17.7. The van der Waals surface area contributed by atoms with E-state index in [0.717, 1.165) is 38.0 Å². The second-order valence-corrected chi connectivity index (χ2v) is 4.95. The van der Waals surface area contributed by atoms with E-state index in [1.165, 1.54) is 7.11 Å². The average molecular weight is 269 g/mol. The molecule has 0 aromatic carbocycles. The van der Waals surface area contributed by atoms with Gasteiger partial charge in [0.2, 0.25) is 0 Å². The second-order valence-electron chi connectivity index (χ2n) is 4.56. The first-order chi connectivity index (χ1) is 8.69. The molecule has 1 aromatic heterocycles. The van der Waals surface area contributed by atoms with Gasteiger partial charge in [-0.25, -0.2) is 4.98 Å². The number of aromatic nitrogens is 1. The smallest absolute Gasteiger partial charge is 0.308 e. The molecule has 0 bridgehead atoms. The number of halogens is 1. The van der Waals surface area contributed by atoms with Crippen LogP contribution in [-0.2, 0) is 16.1 Å². The number of carbonyl (C=O) groups is 1. The summed E-state index contributed by atoms with van der Waals surface area (Å²) in [6.45, 7) is 2.70. The second kappa shape index (κ2) is 6.16. The maximum absolute atomic E-state index is 11.4. The number of likely N-dealkylation sites (tertiary alicyclic amines) is 1. The molecule has 18 heavy (non-hydrogen) atoms. The Morgan fingerprint density at radius 2 is 2.22 bits per heavy atom. The van der Waals surface area contributed by atoms with Crippen LogP contribution in [0.2, 0.25) is 5.15 Å². The fourth-order valence-electron chi connectivity index (χ4n) is 2.25. The van der Waals surface area contributed by atoms with Crippen molar-refractivity contribution in [1.82, 2.24) is 9.88 Å². The highest BCUT2D eigenvalue weighted by atomic mass is 35.5. The number of hydrogen-bond donors (Lipinski definition) is 0. The van der Waals surface area contributed by atoms with Crippen LogP contribution in [0, 0.1) is 5.92 Å². The predicted octanol–water partition coefficient (Wildman–Crippen LogP) is 2.12. The molecule has 0 amide bonds. The molecule has 1 saturated heterocycles. The van der Waals surface area contributed by atoms with E-state index in [4.69, 9.17) is 16.3 Å². The standard InChI is InChI=1S/C13H17ClN2O2/c1-18-13(17)11-4-6-16(7-5-11)9-10-2-3-12(14)15-8-10/h2-3,8,11H,4-7,9H2,1H3. The van der Waals surface area contributed by atoms with Gasteiger partial charge < -0.3 is 4.74 Å². The zero-order valence-corrected chi connectivity index (χ0v) is 11.2. The van der Waals surface area contributed by atoms with Crippen LogP contribution < -0.4 is 0 Å². The van der Waals surface area contributed by atoms with Gasteiger partial charge in [0.05, 0.1) is 13.0 Å². The number of carbonyl (C=O) groups excluding carboxylic acids is 1. The van der Waals surface area contributed by atoms with E-state index in [9.17, 15) is 4.79 Å². The molecule has 2 heterocycles. The number of hydrogen-bond acceptors (Lipinski definition) is 4. The number of rotatable bonds is 3. The Morgan fingerprint density at radius 3 is 2.78 bits per heavy atom. The van der Waals surface area contributed by atoms with Gasteiger partial charge in [0.1, 0.15) is 5.15 Å². The lowest BCUT2D eigenvalue weighted by Gasteiger charge is -2.30. The summed E-state index contributed by atoms with van der Waals surface area (Å²) >= 11 is 5.75. The minimum Gasteiger partial charge on any atom is -0.469 e. The molecule has 4 nitrogen and oxygen atoms in total. The molecule has 0 unspecified atom stereocenters. The Morgan fingerprint density at radius 1 is 1.50 bits per heavy atom. The lowest BCUT2D eigenvalue weighted by molar-refractivity contribution is -0.147. The molecule has 0 spiro atoms. The molecule has 0 radical (unpaired) electrons. The fourth-order valence-corrected chi connectivity index (χ4v) is 2.36. The van der Waals surface area contributed by atoms with Crippen LogP contribution in [0.5, 0.6) is 0 Å². The SMILES string of the molecule is COC(=O)C1CCN(Cc2ccc(Cl)nc2)CC1. The van der Waals surface area contributed by atoms with Gasteiger partial charge in [-0.15, -0.1) is 0 Å². The zero-order chi connectivity index (χ0) is 13.0. The van der Waals surface area contributed by atoms with Gasteiger partial charge in [0, 0.05) is 12.7 Å². The lowest BCUT2D eigenvalue weighted by Crippen LogP contribution is -2.36. The third-order valence-electron chi connectivity index (χ3n) is 3.32. The fraction of sp³-hybridized carbons (Fsp3) is 0.538. The first kappa shape index (κ1) is 13.3. The molecule has 1 aromatic rings. The Balaban J connectivity index is 1.83. The van der Waals surface area contributed by atoms with Crippen LogP contribution in [0.15, 0.2) is 18.3 Å². The van der Waals surface area contributed by atoms with Crippen LogP contribution in [0.3, 0.4) is 0 Å². The summed E-state index contributed by atoms with van der Waals surface area (Å²) in [6, 6.07) is 3.79. The van der Waals surface area contributed by atoms with E-state index in [0.29, 0.717) is 5.15 Å². The molecular weight excluding hydrogens is 252 g/mol. The predicted molar refractivity (Wildman–Crippen MR) is 69.3 cm³/mol. The molecule has 0 N–H and O–H groups in total. The van der Waals surface area contributed by atoms with Crippen molar-refractivity contribution in [3.8, 4) is 0 Å². The number of methoxy groups -OCH3 is 1. The number of piperidine rings is 1. The van der Waals surface area contributed by atoms with Crippen LogP contribution in [0.1, 0.15) is 18.4 Å². The Hall–Kier alpha value is -1.13. The average Bonchev–Trinajstić information content (AvgIpc) is 2.41. The number of esters is 1. The minimum absolute atomic E-state index is 0.0644. The van der Waals surface area contributed by atoms with Crippen molar-refractivity contribution in [2.45, 2.75) is 19.4 Å². The molecule has 1 fully saturated rings. The quantitative estimate of drug-likeness (QED) is 0.622. The van der Waals surface area contributed by atoms with Gasteiger partial charge in [-0.3, -0.25) is 9.69 Å². The van der Waals surface area contributed by atoms with Crippen LogP contribution >= 0.6 is 11.6 Å². The highest BCUT2D eigenvalue weighted by molar-refractivity contribution is 6.29. The molecule has 0 saturated carbocycles. The number of nitrogens with zero attached hydrogens (tertiary/aromatic N) is 2. The van der Waals surface area contributed by atoms with Gasteiger partial charge in [0.25, 0.3) is 0 Å². The summed E-state index contributed by atoms with van der Waals surface area (Å²) in [4.78, 5) is 17.8. The van der Waals surface area contributed by atoms with Crippen LogP contribution in [0.4, 0.5) is 0 Å². The van der Waals surface area contributed by atoms with Crippen molar-refractivity contribution in [2.24, 2.45) is 5.92 Å². The summed E-state index contributed by atoms with van der Waals surface area (Å²) in [7, 11) is 1.45. The van der Waals surface area contributed by atoms with Crippen LogP contribution in [0.25, 0.3) is 0 Å². The summed E-state index contributed by atoms with van der Waals surface area (Å²) in [5, 5.41) is 0.517. The third-order valence-corrected chi connectivity index (χ3v) is 3.54. The van der Waals surface area contributed by atoms with Crippen molar-refractivity contribution < 1.29 is 9.53 Å². The van der Waals surface area contributed by atoms with Crippen molar-refractivity contribution in [1.29, 1.82) is 0 Å². The zero-order valence-electron chi connectivity index (χ0n) is 10.4. The van der Waals surface area contributed by atoms with E-state index in [-0.39, 0.29) is 11.9 Å². The molecule has 1 aliphatic heterocycles. The van der Waals surface area contributed by atoms with Crippen molar-refractivity contribution in [3.05, 3.63) is 29.0 Å². The summed E-state index contributed by atoms with van der Waals surface area (Å²) in [6.07, 6.45) is 3.54. The van der Waals surface area contributed by atoms with Gasteiger partial charge in [-0.2, -0.15) is 0 Å². The monoisotopic (exact) mass is 268 g/mol. The van der Waals surface area contributed by atoms with Crippen LogP contribution in [-0.4, -0.2) is 36.1 Å². The molecular formula is C13H17ClN2O2. The molecule has 2 rings (SSSR count). The Kier molecular flexibility index (Phi) is 4.55. The van der Waals surface area contributed by atoms with Crippen molar-refractivity contribution in [3.63, 3.8) is 0 Å². The lowest BCUT2D eigenvalue weighted by atomic mass is 9.97. The van der Waals surface area contributed by atoms with E-state index in [2.05, 4.69) is 9.88 Å². The summed E-state index contributed by atoms with van der Waals surface area (Å²) in [5.41, 5.74) is 1.15. The van der Waals surface area contributed by atoms with Gasteiger partial charge in [-0.05, 0) is 37.6 Å². The molecule has 1 aliphatic rings. The maximum atomic E-state index is 11.4. The topological polar surface area (TPSA) is 42.4 Å². The molecule has 0 atom stereocenters. The minimum atomic E-state index is -0.0807. The van der Waals surface area contributed by atoms with E-state index < -0.39 is 0 Å². The van der Waals surface area contributed by atoms with Gasteiger partial charge in [0.15, 0.2) is 0 Å². The van der Waals surface area contributed by atoms with Gasteiger partial charge in [-0.1, -0.05) is 17.7 Å². The maximum Gasteiger partial charge on any atom is 0.308 e. The summed E-state index contributed by atoms with van der Waals surface area (Å²) < 4.78 is 4.77. The summed E-state index contributed by atoms with van der Waals surface area (Å²) in [5.74, 6) is -0.0163. The van der Waals surface area contributed by atoms with E-state index in [1.807, 2.05) is 6.07 Å². The number of pyridine rings is 1. The van der Waals surface area contributed by atoms with E-state index >= 15 is 0 Å². The first-order valence-electron chi connectivity index (χ1n) is 6.09. The molecule has 5 heteroatoms. The largest absolute Gasteiger partial charge is 0.469 e. The van der Waals surface area contributed by atoms with Crippen molar-refractivity contribution >= 4 is 17.6 Å². The third kappa shape index (κ3) is 3.43. The highest BCUT2D eigenvalue weighted by Crippen LogP contribution is 2.20. The Labute approximate surface area is 112 Å².